The molecule has 4 nitrogen and oxygen atoms in total. The van der Waals surface area contributed by atoms with Gasteiger partial charge in [0, 0.05) is 23.5 Å². The number of imidazole rings is 1. The van der Waals surface area contributed by atoms with Crippen molar-refractivity contribution in [3.8, 4) is 0 Å². The topological polar surface area (TPSA) is 46.4 Å². The number of carbonyl (C=O) groups is 1. The molecule has 0 aliphatic carbocycles. The molecule has 114 valence electrons. The second-order valence-electron chi connectivity index (χ2n) is 6.38. The average molecular weight is 313 g/mol. The van der Waals surface area contributed by atoms with Crippen LogP contribution in [0.5, 0.6) is 0 Å². The second-order valence-corrected chi connectivity index (χ2v) is 7.25. The quantitative estimate of drug-likeness (QED) is 0.798. The van der Waals surface area contributed by atoms with Gasteiger partial charge in [0.15, 0.2) is 4.96 Å². The summed E-state index contributed by atoms with van der Waals surface area (Å²) >= 11 is 1.56. The fourth-order valence-corrected chi connectivity index (χ4v) is 3.00. The minimum Gasteiger partial charge on any atom is -0.326 e. The molecule has 1 amide bonds. The summed E-state index contributed by atoms with van der Waals surface area (Å²) in [5, 5.41) is 4.90. The van der Waals surface area contributed by atoms with Gasteiger partial charge in [0.2, 0.25) is 5.91 Å². The van der Waals surface area contributed by atoms with Crippen LogP contribution in [0.3, 0.4) is 0 Å². The third kappa shape index (κ3) is 3.20. The maximum absolute atomic E-state index is 12.1. The van der Waals surface area contributed by atoms with Gasteiger partial charge in [-0.15, -0.1) is 11.3 Å². The van der Waals surface area contributed by atoms with E-state index >= 15 is 0 Å². The van der Waals surface area contributed by atoms with E-state index in [1.54, 1.807) is 11.3 Å². The molecule has 2 aromatic heterocycles. The Balaban J connectivity index is 1.65. The number of amides is 1. The normalized spacial score (nSPS) is 11.8. The van der Waals surface area contributed by atoms with E-state index in [1.807, 2.05) is 34.3 Å². The molecule has 0 radical (unpaired) electrons. The minimum atomic E-state index is -0.0470. The molecule has 5 heteroatoms. The van der Waals surface area contributed by atoms with Crippen molar-refractivity contribution in [3.05, 3.63) is 53.3 Å². The molecular weight excluding hydrogens is 294 g/mol. The number of aromatic nitrogens is 2. The van der Waals surface area contributed by atoms with Gasteiger partial charge < -0.3 is 5.32 Å². The molecule has 0 saturated heterocycles. The van der Waals surface area contributed by atoms with E-state index in [1.165, 1.54) is 5.56 Å². The molecule has 0 fully saturated rings. The van der Waals surface area contributed by atoms with Crippen LogP contribution in [0.25, 0.3) is 4.96 Å². The zero-order chi connectivity index (χ0) is 15.7. The van der Waals surface area contributed by atoms with Gasteiger partial charge in [-0.25, -0.2) is 4.98 Å². The van der Waals surface area contributed by atoms with Gasteiger partial charge in [0.25, 0.3) is 0 Å². The van der Waals surface area contributed by atoms with Crippen molar-refractivity contribution in [3.63, 3.8) is 0 Å². The monoisotopic (exact) mass is 313 g/mol. The zero-order valence-electron chi connectivity index (χ0n) is 13.0. The van der Waals surface area contributed by atoms with Crippen LogP contribution in [-0.4, -0.2) is 15.3 Å². The third-order valence-corrected chi connectivity index (χ3v) is 4.29. The van der Waals surface area contributed by atoms with Crippen LogP contribution in [-0.2, 0) is 16.6 Å². The fraction of sp³-hybridized carbons (Fsp3) is 0.294. The van der Waals surface area contributed by atoms with E-state index in [9.17, 15) is 4.79 Å². The van der Waals surface area contributed by atoms with Crippen molar-refractivity contribution in [2.45, 2.75) is 32.6 Å². The standard InChI is InChI=1S/C17H19N3OS/c1-17(2,3)12-4-6-13(7-5-12)18-15(21)10-14-11-20-8-9-22-16(20)19-14/h4-9,11H,10H2,1-3H3,(H,18,21). The van der Waals surface area contributed by atoms with E-state index in [0.717, 1.165) is 16.3 Å². The number of nitrogens with one attached hydrogen (secondary N) is 1. The molecule has 0 spiro atoms. The molecule has 0 bridgehead atoms. The summed E-state index contributed by atoms with van der Waals surface area (Å²) in [6.45, 7) is 6.51. The number of carbonyl (C=O) groups excluding carboxylic acids is 1. The Morgan fingerprint density at radius 3 is 2.64 bits per heavy atom. The Morgan fingerprint density at radius 2 is 2.00 bits per heavy atom. The van der Waals surface area contributed by atoms with Crippen molar-refractivity contribution >= 4 is 27.9 Å². The lowest BCUT2D eigenvalue weighted by Gasteiger charge is -2.19. The number of benzene rings is 1. The highest BCUT2D eigenvalue weighted by molar-refractivity contribution is 7.15. The smallest absolute Gasteiger partial charge is 0.230 e. The summed E-state index contributed by atoms with van der Waals surface area (Å²) in [7, 11) is 0. The molecule has 1 aromatic carbocycles. The largest absolute Gasteiger partial charge is 0.326 e. The molecule has 3 rings (SSSR count). The third-order valence-electron chi connectivity index (χ3n) is 3.52. The molecule has 1 N–H and O–H groups in total. The SMILES string of the molecule is CC(C)(C)c1ccc(NC(=O)Cc2cn3ccsc3n2)cc1. The first-order valence-electron chi connectivity index (χ1n) is 7.23. The van der Waals surface area contributed by atoms with Crippen LogP contribution in [0.2, 0.25) is 0 Å². The molecule has 0 aliphatic rings. The molecule has 0 aliphatic heterocycles. The van der Waals surface area contributed by atoms with Crippen molar-refractivity contribution in [1.82, 2.24) is 9.38 Å². The predicted molar refractivity (Wildman–Crippen MR) is 90.5 cm³/mol. The summed E-state index contributed by atoms with van der Waals surface area (Å²) in [4.78, 5) is 17.4. The maximum Gasteiger partial charge on any atom is 0.230 e. The summed E-state index contributed by atoms with van der Waals surface area (Å²) in [5.41, 5.74) is 2.97. The number of nitrogens with zero attached hydrogens (tertiary/aromatic N) is 2. The van der Waals surface area contributed by atoms with Gasteiger partial charge in [-0.3, -0.25) is 9.20 Å². The number of rotatable bonds is 3. The first-order chi connectivity index (χ1) is 10.4. The molecule has 0 atom stereocenters. The average Bonchev–Trinajstić information content (AvgIpc) is 2.99. The molecule has 2 heterocycles. The highest BCUT2D eigenvalue weighted by Crippen LogP contribution is 2.23. The second kappa shape index (κ2) is 5.57. The van der Waals surface area contributed by atoms with E-state index in [4.69, 9.17) is 0 Å². The van der Waals surface area contributed by atoms with Gasteiger partial charge in [-0.2, -0.15) is 0 Å². The van der Waals surface area contributed by atoms with Gasteiger partial charge in [-0.05, 0) is 23.1 Å². The number of hydrogen-bond donors (Lipinski definition) is 1. The summed E-state index contributed by atoms with van der Waals surface area (Å²) in [6, 6.07) is 8.01. The first-order valence-corrected chi connectivity index (χ1v) is 8.11. The number of hydrogen-bond acceptors (Lipinski definition) is 3. The van der Waals surface area contributed by atoms with Crippen molar-refractivity contribution in [2.24, 2.45) is 0 Å². The molecule has 0 saturated carbocycles. The van der Waals surface area contributed by atoms with E-state index in [0.29, 0.717) is 0 Å². The van der Waals surface area contributed by atoms with Gasteiger partial charge in [0.05, 0.1) is 12.1 Å². The number of fused-ring (bicyclic) bond motifs is 1. The van der Waals surface area contributed by atoms with Gasteiger partial charge in [-0.1, -0.05) is 32.9 Å². The highest BCUT2D eigenvalue weighted by Gasteiger charge is 2.13. The Morgan fingerprint density at radius 1 is 1.27 bits per heavy atom. The number of thiazole rings is 1. The van der Waals surface area contributed by atoms with Crippen LogP contribution < -0.4 is 5.32 Å². The van der Waals surface area contributed by atoms with Crippen molar-refractivity contribution < 1.29 is 4.79 Å². The lowest BCUT2D eigenvalue weighted by atomic mass is 9.87. The lowest BCUT2D eigenvalue weighted by molar-refractivity contribution is -0.115. The Kier molecular flexibility index (Phi) is 3.74. The van der Waals surface area contributed by atoms with Crippen LogP contribution >= 0.6 is 11.3 Å². The van der Waals surface area contributed by atoms with E-state index < -0.39 is 0 Å². The van der Waals surface area contributed by atoms with Gasteiger partial charge >= 0.3 is 0 Å². The molecule has 3 aromatic rings. The minimum absolute atomic E-state index is 0.0470. The zero-order valence-corrected chi connectivity index (χ0v) is 13.8. The summed E-state index contributed by atoms with van der Waals surface area (Å²) in [6.07, 6.45) is 4.13. The summed E-state index contributed by atoms with van der Waals surface area (Å²) < 4.78 is 1.94. The molecular formula is C17H19N3OS. The first kappa shape index (κ1) is 14.8. The summed E-state index contributed by atoms with van der Waals surface area (Å²) in [5.74, 6) is -0.0470. The molecule has 22 heavy (non-hydrogen) atoms. The van der Waals surface area contributed by atoms with Crippen LogP contribution in [0, 0.1) is 0 Å². The van der Waals surface area contributed by atoms with Crippen LogP contribution in [0.15, 0.2) is 42.0 Å². The fourth-order valence-electron chi connectivity index (χ4n) is 2.28. The van der Waals surface area contributed by atoms with E-state index in [-0.39, 0.29) is 17.7 Å². The molecule has 0 unspecified atom stereocenters. The lowest BCUT2D eigenvalue weighted by Crippen LogP contribution is -2.15. The van der Waals surface area contributed by atoms with Gasteiger partial charge in [0.1, 0.15) is 0 Å². The Hall–Kier alpha value is -2.14. The number of anilines is 1. The van der Waals surface area contributed by atoms with Crippen molar-refractivity contribution in [1.29, 1.82) is 0 Å². The Bertz CT molecular complexity index is 765. The van der Waals surface area contributed by atoms with Crippen molar-refractivity contribution in [2.75, 3.05) is 5.32 Å². The highest BCUT2D eigenvalue weighted by atomic mass is 32.1. The maximum atomic E-state index is 12.1. The van der Waals surface area contributed by atoms with E-state index in [2.05, 4.69) is 43.2 Å². The Labute approximate surface area is 133 Å². The predicted octanol–water partition coefficient (Wildman–Crippen LogP) is 3.87. The van der Waals surface area contributed by atoms with Crippen LogP contribution in [0.4, 0.5) is 5.69 Å². The van der Waals surface area contributed by atoms with Crippen LogP contribution in [0.1, 0.15) is 32.0 Å².